The standard InChI is InChI=1S/C20H17FN4O/c21-16-6-4-14(5-7-16)20(26)25-18-8-3-13(11-23-18)10-15-12-24-19-17(15)2-1-9-22-19/h1-9,11-12,19,22,24H,10H2,(H,23,25,26). The molecule has 3 N–H and O–H groups in total. The average molecular weight is 348 g/mol. The van der Waals surface area contributed by atoms with Crippen LogP contribution in [0.15, 0.2) is 78.3 Å². The van der Waals surface area contributed by atoms with Crippen LogP contribution in [0.25, 0.3) is 0 Å². The Kier molecular flexibility index (Phi) is 4.23. The number of dihydropyridines is 1. The lowest BCUT2D eigenvalue weighted by Crippen LogP contribution is -2.35. The van der Waals surface area contributed by atoms with Crippen molar-refractivity contribution in [3.63, 3.8) is 0 Å². The molecule has 1 aromatic carbocycles. The van der Waals surface area contributed by atoms with Gasteiger partial charge in [-0.05, 0) is 59.3 Å². The van der Waals surface area contributed by atoms with E-state index in [2.05, 4.69) is 27.0 Å². The van der Waals surface area contributed by atoms with Gasteiger partial charge in [-0.1, -0.05) is 12.1 Å². The Morgan fingerprint density at radius 1 is 1.15 bits per heavy atom. The fourth-order valence-electron chi connectivity index (χ4n) is 2.95. The average Bonchev–Trinajstić information content (AvgIpc) is 3.07. The summed E-state index contributed by atoms with van der Waals surface area (Å²) in [4.78, 5) is 16.4. The van der Waals surface area contributed by atoms with E-state index in [1.165, 1.54) is 35.4 Å². The lowest BCUT2D eigenvalue weighted by Gasteiger charge is -2.18. The first kappa shape index (κ1) is 16.1. The van der Waals surface area contributed by atoms with Crippen LogP contribution in [0.3, 0.4) is 0 Å². The van der Waals surface area contributed by atoms with Crippen LogP contribution in [-0.2, 0) is 6.42 Å². The van der Waals surface area contributed by atoms with Crippen LogP contribution >= 0.6 is 0 Å². The van der Waals surface area contributed by atoms with Crippen molar-refractivity contribution in [2.24, 2.45) is 0 Å². The molecule has 0 bridgehead atoms. The lowest BCUT2D eigenvalue weighted by atomic mass is 9.99. The second kappa shape index (κ2) is 6.84. The van der Waals surface area contributed by atoms with E-state index in [0.29, 0.717) is 11.4 Å². The van der Waals surface area contributed by atoms with E-state index in [0.717, 1.165) is 12.0 Å². The molecule has 1 atom stereocenters. The van der Waals surface area contributed by atoms with E-state index in [-0.39, 0.29) is 17.9 Å². The van der Waals surface area contributed by atoms with Crippen molar-refractivity contribution < 1.29 is 9.18 Å². The summed E-state index contributed by atoms with van der Waals surface area (Å²) >= 11 is 0. The number of allylic oxidation sites excluding steroid dienone is 2. The number of rotatable bonds is 4. The number of fused-ring (bicyclic) bond motifs is 1. The Bertz CT molecular complexity index is 914. The number of aromatic nitrogens is 1. The van der Waals surface area contributed by atoms with Gasteiger partial charge in [0.15, 0.2) is 0 Å². The van der Waals surface area contributed by atoms with Crippen LogP contribution < -0.4 is 16.0 Å². The monoisotopic (exact) mass is 348 g/mol. The smallest absolute Gasteiger partial charge is 0.256 e. The molecule has 26 heavy (non-hydrogen) atoms. The van der Waals surface area contributed by atoms with E-state index in [1.54, 1.807) is 12.3 Å². The molecule has 6 heteroatoms. The first-order valence-electron chi connectivity index (χ1n) is 8.29. The second-order valence-corrected chi connectivity index (χ2v) is 6.11. The van der Waals surface area contributed by atoms with Gasteiger partial charge in [0.1, 0.15) is 17.8 Å². The maximum Gasteiger partial charge on any atom is 0.256 e. The molecular formula is C20H17FN4O. The number of amides is 1. The third kappa shape index (κ3) is 3.35. The van der Waals surface area contributed by atoms with Crippen LogP contribution in [0, 0.1) is 5.82 Å². The number of nitrogens with zero attached hydrogens (tertiary/aromatic N) is 1. The van der Waals surface area contributed by atoms with Crippen molar-refractivity contribution in [2.45, 2.75) is 12.6 Å². The first-order chi connectivity index (χ1) is 12.7. The Hall–Kier alpha value is -3.41. The van der Waals surface area contributed by atoms with Crippen LogP contribution in [-0.4, -0.2) is 17.1 Å². The highest BCUT2D eigenvalue weighted by atomic mass is 19.1. The highest BCUT2D eigenvalue weighted by molar-refractivity contribution is 6.03. The quantitative estimate of drug-likeness (QED) is 0.795. The number of nitrogens with one attached hydrogen (secondary N) is 3. The predicted molar refractivity (Wildman–Crippen MR) is 97.7 cm³/mol. The van der Waals surface area contributed by atoms with Crippen molar-refractivity contribution in [3.8, 4) is 0 Å². The number of carbonyl (C=O) groups is 1. The summed E-state index contributed by atoms with van der Waals surface area (Å²) in [5, 5.41) is 9.25. The van der Waals surface area contributed by atoms with Crippen molar-refractivity contribution in [2.75, 3.05) is 5.32 Å². The van der Waals surface area contributed by atoms with Crippen LogP contribution in [0.2, 0.25) is 0 Å². The minimum absolute atomic E-state index is 0.136. The van der Waals surface area contributed by atoms with Gasteiger partial charge in [0.05, 0.1) is 0 Å². The molecule has 4 rings (SSSR count). The van der Waals surface area contributed by atoms with Crippen molar-refractivity contribution in [3.05, 3.63) is 95.2 Å². The van der Waals surface area contributed by atoms with Crippen molar-refractivity contribution in [1.82, 2.24) is 15.6 Å². The number of pyridine rings is 1. The molecule has 5 nitrogen and oxygen atoms in total. The van der Waals surface area contributed by atoms with Gasteiger partial charge in [0, 0.05) is 24.4 Å². The molecule has 3 heterocycles. The van der Waals surface area contributed by atoms with Crippen LogP contribution in [0.4, 0.5) is 10.2 Å². The summed E-state index contributed by atoms with van der Waals surface area (Å²) in [5.74, 6) is -0.234. The highest BCUT2D eigenvalue weighted by Gasteiger charge is 2.22. The molecule has 2 aromatic rings. The molecule has 0 spiro atoms. The number of halogens is 1. The summed E-state index contributed by atoms with van der Waals surface area (Å²) in [7, 11) is 0. The van der Waals surface area contributed by atoms with Gasteiger partial charge in [-0.15, -0.1) is 0 Å². The summed E-state index contributed by atoms with van der Waals surface area (Å²) < 4.78 is 12.9. The van der Waals surface area contributed by atoms with Gasteiger partial charge >= 0.3 is 0 Å². The molecule has 2 aliphatic rings. The van der Waals surface area contributed by atoms with Gasteiger partial charge < -0.3 is 16.0 Å². The van der Waals surface area contributed by atoms with E-state index in [1.807, 2.05) is 24.5 Å². The van der Waals surface area contributed by atoms with Gasteiger partial charge in [-0.25, -0.2) is 9.37 Å². The Morgan fingerprint density at radius 2 is 2.00 bits per heavy atom. The maximum atomic E-state index is 12.9. The molecular weight excluding hydrogens is 331 g/mol. The topological polar surface area (TPSA) is 66.1 Å². The number of anilines is 1. The molecule has 0 aliphatic carbocycles. The summed E-state index contributed by atoms with van der Waals surface area (Å²) in [6.45, 7) is 0. The normalized spacial score (nSPS) is 17.5. The number of carbonyl (C=O) groups excluding carboxylic acids is 1. The molecule has 2 aliphatic heterocycles. The fraction of sp³-hybridized carbons (Fsp3) is 0.100. The number of hydrogen-bond donors (Lipinski definition) is 3. The maximum absolute atomic E-state index is 12.9. The second-order valence-electron chi connectivity index (χ2n) is 6.11. The zero-order valence-corrected chi connectivity index (χ0v) is 13.9. The minimum atomic E-state index is -0.374. The summed E-state index contributed by atoms with van der Waals surface area (Å²) in [6, 6.07) is 9.10. The summed E-state index contributed by atoms with van der Waals surface area (Å²) in [6.07, 6.45) is 10.7. The van der Waals surface area contributed by atoms with Gasteiger partial charge in [0.25, 0.3) is 5.91 Å². The Balaban J connectivity index is 1.41. The predicted octanol–water partition coefficient (Wildman–Crippen LogP) is 2.87. The van der Waals surface area contributed by atoms with Crippen LogP contribution in [0.5, 0.6) is 0 Å². The molecule has 1 aromatic heterocycles. The SMILES string of the molecule is O=C(Nc1ccc(CC2=CNC3NC=CC=C23)cn1)c1ccc(F)cc1. The molecule has 130 valence electrons. The van der Waals surface area contributed by atoms with Gasteiger partial charge in [-0.2, -0.15) is 0 Å². The van der Waals surface area contributed by atoms with Gasteiger partial charge in [-0.3, -0.25) is 4.79 Å². The van der Waals surface area contributed by atoms with Crippen molar-refractivity contribution in [1.29, 1.82) is 0 Å². The fourth-order valence-corrected chi connectivity index (χ4v) is 2.95. The largest absolute Gasteiger partial charge is 0.368 e. The third-order valence-electron chi connectivity index (χ3n) is 4.31. The molecule has 1 amide bonds. The third-order valence-corrected chi connectivity index (χ3v) is 4.31. The molecule has 0 saturated carbocycles. The number of hydrogen-bond acceptors (Lipinski definition) is 4. The Morgan fingerprint density at radius 3 is 2.77 bits per heavy atom. The highest BCUT2D eigenvalue weighted by Crippen LogP contribution is 2.24. The molecule has 1 unspecified atom stereocenters. The Labute approximate surface area is 150 Å². The van der Waals surface area contributed by atoms with E-state index >= 15 is 0 Å². The van der Waals surface area contributed by atoms with E-state index in [9.17, 15) is 9.18 Å². The van der Waals surface area contributed by atoms with E-state index in [4.69, 9.17) is 0 Å². The zero-order valence-electron chi connectivity index (χ0n) is 13.9. The van der Waals surface area contributed by atoms with E-state index < -0.39 is 0 Å². The first-order valence-corrected chi connectivity index (χ1v) is 8.29. The summed E-state index contributed by atoms with van der Waals surface area (Å²) in [5.41, 5.74) is 3.86. The number of benzene rings is 1. The molecule has 0 fully saturated rings. The molecule has 0 radical (unpaired) electrons. The van der Waals surface area contributed by atoms with Crippen molar-refractivity contribution >= 4 is 11.7 Å². The minimum Gasteiger partial charge on any atom is -0.368 e. The molecule has 0 saturated heterocycles. The lowest BCUT2D eigenvalue weighted by molar-refractivity contribution is 0.102. The zero-order chi connectivity index (χ0) is 17.9. The van der Waals surface area contributed by atoms with Gasteiger partial charge in [0.2, 0.25) is 0 Å². The van der Waals surface area contributed by atoms with Crippen LogP contribution in [0.1, 0.15) is 15.9 Å².